The van der Waals surface area contributed by atoms with E-state index in [0.717, 1.165) is 16.2 Å². The Balaban J connectivity index is 1.30. The first-order valence-electron chi connectivity index (χ1n) is 9.97. The van der Waals surface area contributed by atoms with Crippen LogP contribution in [0.25, 0.3) is 21.7 Å². The fourth-order valence-corrected chi connectivity index (χ4v) is 3.83. The van der Waals surface area contributed by atoms with Gasteiger partial charge in [0.05, 0.1) is 0 Å². The highest BCUT2D eigenvalue weighted by Gasteiger charge is 2.14. The van der Waals surface area contributed by atoms with E-state index in [1.807, 2.05) is 42.5 Å². The number of carbonyl (C=O) groups is 2. The van der Waals surface area contributed by atoms with Crippen LogP contribution in [0.1, 0.15) is 20.9 Å². The first-order chi connectivity index (χ1) is 15.6. The van der Waals surface area contributed by atoms with Crippen LogP contribution in [0.15, 0.2) is 95.4 Å². The number of para-hydroxylation sites is 1. The molecule has 156 valence electrons. The number of carbonyl (C=O) groups excluding carboxylic acids is 2. The Bertz CT molecular complexity index is 1440. The van der Waals surface area contributed by atoms with Crippen LogP contribution in [0, 0.1) is 0 Å². The van der Waals surface area contributed by atoms with E-state index >= 15 is 0 Å². The van der Waals surface area contributed by atoms with Gasteiger partial charge in [-0.3, -0.25) is 9.59 Å². The summed E-state index contributed by atoms with van der Waals surface area (Å²) in [5.74, 6) is -0.347. The zero-order valence-corrected chi connectivity index (χ0v) is 17.5. The summed E-state index contributed by atoms with van der Waals surface area (Å²) in [6.07, 6.45) is 0. The van der Waals surface area contributed by atoms with Crippen molar-refractivity contribution < 1.29 is 14.0 Å². The molecule has 32 heavy (non-hydrogen) atoms. The van der Waals surface area contributed by atoms with Gasteiger partial charge in [0.1, 0.15) is 5.58 Å². The normalized spacial score (nSPS) is 10.9. The van der Waals surface area contributed by atoms with Crippen LogP contribution in [0.4, 0.5) is 11.4 Å². The third kappa shape index (κ3) is 3.82. The predicted octanol–water partition coefficient (Wildman–Crippen LogP) is 6.74. The number of amides is 2. The van der Waals surface area contributed by atoms with Crippen LogP contribution in [0.5, 0.6) is 0 Å². The second-order valence-corrected chi connectivity index (χ2v) is 7.68. The number of nitrogens with one attached hydrogen (secondary N) is 2. The van der Waals surface area contributed by atoms with E-state index in [4.69, 9.17) is 16.0 Å². The van der Waals surface area contributed by atoms with Crippen molar-refractivity contribution in [3.8, 4) is 0 Å². The molecule has 2 amide bonds. The molecule has 6 heteroatoms. The van der Waals surface area contributed by atoms with Crippen LogP contribution in [-0.2, 0) is 0 Å². The summed E-state index contributed by atoms with van der Waals surface area (Å²) in [5, 5.41) is 8.76. The molecule has 5 nitrogen and oxygen atoms in total. The van der Waals surface area contributed by atoms with Crippen LogP contribution >= 0.6 is 11.6 Å². The second kappa shape index (κ2) is 8.21. The highest BCUT2D eigenvalue weighted by molar-refractivity contribution is 6.36. The van der Waals surface area contributed by atoms with Gasteiger partial charge in [-0.25, -0.2) is 0 Å². The fourth-order valence-electron chi connectivity index (χ4n) is 3.59. The van der Waals surface area contributed by atoms with E-state index in [9.17, 15) is 9.59 Å². The number of benzene rings is 4. The third-order valence-electron chi connectivity index (χ3n) is 5.16. The highest BCUT2D eigenvalue weighted by Crippen LogP contribution is 2.27. The summed E-state index contributed by atoms with van der Waals surface area (Å²) in [6.45, 7) is 0. The van der Waals surface area contributed by atoms with Crippen molar-refractivity contribution in [2.45, 2.75) is 0 Å². The lowest BCUT2D eigenvalue weighted by Crippen LogP contribution is -2.13. The van der Waals surface area contributed by atoms with Crippen LogP contribution in [0.2, 0.25) is 5.02 Å². The number of rotatable bonds is 4. The smallest absolute Gasteiger partial charge is 0.291 e. The highest BCUT2D eigenvalue weighted by atomic mass is 35.5. The average Bonchev–Trinajstić information content (AvgIpc) is 3.25. The van der Waals surface area contributed by atoms with Gasteiger partial charge in [0.25, 0.3) is 11.8 Å². The number of anilines is 2. The Labute approximate surface area is 188 Å². The molecule has 5 rings (SSSR count). The molecule has 2 N–H and O–H groups in total. The van der Waals surface area contributed by atoms with Crippen molar-refractivity contribution in [3.05, 3.63) is 107 Å². The SMILES string of the molecule is O=C(Nc1ccc(NC(=O)c2cccc3c(Cl)cccc23)cc1)c1cc2ccccc2o1. The number of hydrogen-bond donors (Lipinski definition) is 2. The standard InChI is InChI=1S/C26H17ClN2O3/c27-22-9-4-6-19-20(22)7-3-8-21(19)25(30)28-17-11-13-18(14-12-17)29-26(31)24-15-16-5-1-2-10-23(16)32-24/h1-15H,(H,28,30)(H,29,31). The summed E-state index contributed by atoms with van der Waals surface area (Å²) < 4.78 is 5.59. The Hall–Kier alpha value is -4.09. The third-order valence-corrected chi connectivity index (χ3v) is 5.49. The van der Waals surface area contributed by atoms with Crippen LogP contribution in [0.3, 0.4) is 0 Å². The van der Waals surface area contributed by atoms with Gasteiger partial charge in [0.15, 0.2) is 5.76 Å². The van der Waals surface area contributed by atoms with Gasteiger partial charge >= 0.3 is 0 Å². The van der Waals surface area contributed by atoms with Crippen molar-refractivity contribution in [1.29, 1.82) is 0 Å². The molecule has 1 aromatic heterocycles. The zero-order valence-electron chi connectivity index (χ0n) is 16.8. The van der Waals surface area contributed by atoms with E-state index in [0.29, 0.717) is 27.5 Å². The maximum absolute atomic E-state index is 12.8. The topological polar surface area (TPSA) is 71.3 Å². The van der Waals surface area contributed by atoms with Gasteiger partial charge in [-0.2, -0.15) is 0 Å². The Morgan fingerprint density at radius 3 is 2.09 bits per heavy atom. The van der Waals surface area contributed by atoms with Crippen LogP contribution < -0.4 is 10.6 Å². The molecule has 0 unspecified atom stereocenters. The zero-order chi connectivity index (χ0) is 22.1. The average molecular weight is 441 g/mol. The minimum absolute atomic E-state index is 0.234. The first-order valence-corrected chi connectivity index (χ1v) is 10.3. The molecular weight excluding hydrogens is 424 g/mol. The van der Waals surface area contributed by atoms with E-state index in [2.05, 4.69) is 10.6 Å². The van der Waals surface area contributed by atoms with Crippen molar-refractivity contribution in [2.24, 2.45) is 0 Å². The maximum Gasteiger partial charge on any atom is 0.291 e. The van der Waals surface area contributed by atoms with Crippen molar-refractivity contribution >= 4 is 56.5 Å². The Morgan fingerprint density at radius 1 is 0.688 bits per heavy atom. The number of hydrogen-bond acceptors (Lipinski definition) is 3. The fraction of sp³-hybridized carbons (Fsp3) is 0. The van der Waals surface area contributed by atoms with Gasteiger partial charge in [-0.1, -0.05) is 54.1 Å². The van der Waals surface area contributed by atoms with E-state index in [1.54, 1.807) is 48.5 Å². The molecule has 0 radical (unpaired) electrons. The van der Waals surface area contributed by atoms with E-state index in [-0.39, 0.29) is 17.6 Å². The van der Waals surface area contributed by atoms with Gasteiger partial charge in [-0.05, 0) is 53.9 Å². The summed E-state index contributed by atoms with van der Waals surface area (Å²) in [7, 11) is 0. The summed E-state index contributed by atoms with van der Waals surface area (Å²) in [4.78, 5) is 25.3. The Morgan fingerprint density at radius 2 is 1.34 bits per heavy atom. The van der Waals surface area contributed by atoms with Gasteiger partial charge < -0.3 is 15.1 Å². The summed E-state index contributed by atoms with van der Waals surface area (Å²) >= 11 is 6.25. The maximum atomic E-state index is 12.8. The second-order valence-electron chi connectivity index (χ2n) is 7.27. The molecule has 0 bridgehead atoms. The molecule has 0 saturated heterocycles. The quantitative estimate of drug-likeness (QED) is 0.325. The minimum atomic E-state index is -0.342. The van der Waals surface area contributed by atoms with Gasteiger partial charge in [0, 0.05) is 32.7 Å². The van der Waals surface area contributed by atoms with Gasteiger partial charge in [0.2, 0.25) is 0 Å². The molecule has 5 aromatic rings. The molecule has 4 aromatic carbocycles. The van der Waals surface area contributed by atoms with Crippen molar-refractivity contribution in [1.82, 2.24) is 0 Å². The summed E-state index contributed by atoms with van der Waals surface area (Å²) in [5.41, 5.74) is 2.39. The van der Waals surface area contributed by atoms with E-state index in [1.165, 1.54) is 0 Å². The molecular formula is C26H17ClN2O3. The van der Waals surface area contributed by atoms with E-state index < -0.39 is 0 Å². The lowest BCUT2D eigenvalue weighted by atomic mass is 10.0. The lowest BCUT2D eigenvalue weighted by molar-refractivity contribution is 0.0996. The molecule has 0 aliphatic carbocycles. The lowest BCUT2D eigenvalue weighted by Gasteiger charge is -2.10. The van der Waals surface area contributed by atoms with Crippen molar-refractivity contribution in [2.75, 3.05) is 10.6 Å². The summed E-state index contributed by atoms with van der Waals surface area (Å²) in [6, 6.07) is 27.0. The number of furan rings is 1. The van der Waals surface area contributed by atoms with Crippen molar-refractivity contribution in [3.63, 3.8) is 0 Å². The van der Waals surface area contributed by atoms with Gasteiger partial charge in [-0.15, -0.1) is 0 Å². The predicted molar refractivity (Wildman–Crippen MR) is 128 cm³/mol. The largest absolute Gasteiger partial charge is 0.451 e. The molecule has 0 saturated carbocycles. The molecule has 0 aliphatic heterocycles. The molecule has 0 aliphatic rings. The molecule has 1 heterocycles. The molecule has 0 spiro atoms. The minimum Gasteiger partial charge on any atom is -0.451 e. The number of fused-ring (bicyclic) bond motifs is 2. The Kier molecular flexibility index (Phi) is 5.09. The monoisotopic (exact) mass is 440 g/mol. The first kappa shape index (κ1) is 19.8. The van der Waals surface area contributed by atoms with Crippen LogP contribution in [-0.4, -0.2) is 11.8 Å². The molecule has 0 fully saturated rings. The number of halogens is 1. The molecule has 0 atom stereocenters.